The van der Waals surface area contributed by atoms with Gasteiger partial charge in [-0.1, -0.05) is 24.3 Å². The van der Waals surface area contributed by atoms with Gasteiger partial charge in [0.15, 0.2) is 0 Å². The van der Waals surface area contributed by atoms with E-state index in [2.05, 4.69) is 5.32 Å². The van der Waals surface area contributed by atoms with Crippen LogP contribution in [0.1, 0.15) is 11.1 Å². The summed E-state index contributed by atoms with van der Waals surface area (Å²) in [7, 11) is 1.58. The lowest BCUT2D eigenvalue weighted by Gasteiger charge is -2.12. The summed E-state index contributed by atoms with van der Waals surface area (Å²) in [5.41, 5.74) is 1.46. The van der Waals surface area contributed by atoms with E-state index in [-0.39, 0.29) is 29.7 Å². The Morgan fingerprint density at radius 1 is 1.10 bits per heavy atom. The molecule has 1 saturated heterocycles. The van der Waals surface area contributed by atoms with Crippen molar-refractivity contribution in [3.63, 3.8) is 0 Å². The Bertz CT molecular complexity index is 1000. The first kappa shape index (κ1) is 21.3. The topological polar surface area (TPSA) is 75.7 Å². The van der Waals surface area contributed by atoms with E-state index in [0.29, 0.717) is 5.56 Å². The molecule has 0 unspecified atom stereocenters. The van der Waals surface area contributed by atoms with Crippen LogP contribution in [0, 0.1) is 5.82 Å². The molecule has 2 aromatic rings. The number of hydrogen-bond acceptors (Lipinski definition) is 5. The number of carbonyl (C=O) groups excluding carboxylic acids is 3. The molecule has 0 radical (unpaired) electrons. The Morgan fingerprint density at radius 3 is 2.43 bits per heavy atom. The smallest absolute Gasteiger partial charge is 0.293 e. The average molecular weight is 426 g/mol. The monoisotopic (exact) mass is 426 g/mol. The number of amides is 3. The number of benzene rings is 2. The van der Waals surface area contributed by atoms with Crippen LogP contribution in [0.25, 0.3) is 12.2 Å². The van der Waals surface area contributed by atoms with Gasteiger partial charge in [0.1, 0.15) is 11.6 Å². The van der Waals surface area contributed by atoms with E-state index in [1.807, 2.05) is 12.1 Å². The average Bonchev–Trinajstić information content (AvgIpc) is 3.01. The van der Waals surface area contributed by atoms with Gasteiger partial charge >= 0.3 is 0 Å². The van der Waals surface area contributed by atoms with Crippen LogP contribution < -0.4 is 10.1 Å². The number of imide groups is 1. The fraction of sp³-hybridized carbons (Fsp3) is 0.136. The summed E-state index contributed by atoms with van der Waals surface area (Å²) in [6.45, 7) is 0.196. The van der Waals surface area contributed by atoms with Crippen molar-refractivity contribution in [1.82, 2.24) is 10.2 Å². The predicted octanol–water partition coefficient (Wildman–Crippen LogP) is 3.70. The summed E-state index contributed by atoms with van der Waals surface area (Å²) in [5.74, 6) is -0.420. The second-order valence-corrected chi connectivity index (χ2v) is 7.28. The van der Waals surface area contributed by atoms with Gasteiger partial charge in [-0.2, -0.15) is 0 Å². The molecule has 8 heteroatoms. The zero-order valence-electron chi connectivity index (χ0n) is 16.1. The summed E-state index contributed by atoms with van der Waals surface area (Å²) in [5, 5.41) is 2.24. The van der Waals surface area contributed by atoms with Crippen LogP contribution in [0.3, 0.4) is 0 Å². The van der Waals surface area contributed by atoms with E-state index in [1.165, 1.54) is 30.3 Å². The molecule has 154 valence electrons. The second-order valence-electron chi connectivity index (χ2n) is 6.28. The van der Waals surface area contributed by atoms with Crippen LogP contribution in [-0.2, 0) is 9.59 Å². The van der Waals surface area contributed by atoms with Crippen molar-refractivity contribution in [2.75, 3.05) is 20.2 Å². The maximum Gasteiger partial charge on any atom is 0.293 e. The highest BCUT2D eigenvalue weighted by molar-refractivity contribution is 8.18. The number of methoxy groups -OCH3 is 1. The highest BCUT2D eigenvalue weighted by atomic mass is 32.2. The second kappa shape index (κ2) is 9.89. The van der Waals surface area contributed by atoms with Crippen molar-refractivity contribution in [3.8, 4) is 5.75 Å². The molecule has 0 aliphatic carbocycles. The van der Waals surface area contributed by atoms with Gasteiger partial charge in [0, 0.05) is 19.2 Å². The number of nitrogens with one attached hydrogen (secondary N) is 1. The van der Waals surface area contributed by atoms with Crippen molar-refractivity contribution in [2.45, 2.75) is 0 Å². The molecule has 1 fully saturated rings. The van der Waals surface area contributed by atoms with Crippen LogP contribution in [0.15, 0.2) is 59.5 Å². The van der Waals surface area contributed by atoms with E-state index in [9.17, 15) is 18.8 Å². The van der Waals surface area contributed by atoms with Gasteiger partial charge < -0.3 is 10.1 Å². The zero-order valence-corrected chi connectivity index (χ0v) is 16.9. The van der Waals surface area contributed by atoms with Crippen molar-refractivity contribution in [1.29, 1.82) is 0 Å². The van der Waals surface area contributed by atoms with Crippen LogP contribution in [0.5, 0.6) is 5.75 Å². The van der Waals surface area contributed by atoms with Crippen LogP contribution in [0.4, 0.5) is 9.18 Å². The van der Waals surface area contributed by atoms with Gasteiger partial charge in [-0.05, 0) is 59.3 Å². The molecule has 6 nitrogen and oxygen atoms in total. The van der Waals surface area contributed by atoms with Gasteiger partial charge in [0.2, 0.25) is 5.91 Å². The Labute approximate surface area is 177 Å². The molecule has 0 aromatic heterocycles. The number of thioether (sulfide) groups is 1. The number of rotatable bonds is 7. The molecular weight excluding hydrogens is 407 g/mol. The molecule has 30 heavy (non-hydrogen) atoms. The van der Waals surface area contributed by atoms with E-state index in [4.69, 9.17) is 4.74 Å². The lowest BCUT2D eigenvalue weighted by Crippen LogP contribution is -2.36. The van der Waals surface area contributed by atoms with Crippen molar-refractivity contribution in [3.05, 3.63) is 76.5 Å². The minimum atomic E-state index is -0.433. The number of nitrogens with zero attached hydrogens (tertiary/aromatic N) is 1. The molecule has 0 spiro atoms. The first-order valence-corrected chi connectivity index (χ1v) is 9.89. The Balaban J connectivity index is 1.50. The molecule has 1 aliphatic heterocycles. The van der Waals surface area contributed by atoms with Crippen LogP contribution in [0.2, 0.25) is 0 Å². The van der Waals surface area contributed by atoms with Gasteiger partial charge in [-0.25, -0.2) is 4.39 Å². The minimum Gasteiger partial charge on any atom is -0.497 e. The van der Waals surface area contributed by atoms with Gasteiger partial charge in [-0.3, -0.25) is 19.3 Å². The van der Waals surface area contributed by atoms with Crippen molar-refractivity contribution < 1.29 is 23.5 Å². The standard InChI is InChI=1S/C22H19FN2O4S/c1-29-18-9-4-15(5-10-18)6-11-20(26)24-12-13-25-21(27)19(30-22(25)28)14-16-2-7-17(23)8-3-16/h2-11,14H,12-13H2,1H3,(H,24,26)/b11-6+,19-14+. The Hall–Kier alpha value is -3.39. The van der Waals surface area contributed by atoms with E-state index in [1.54, 1.807) is 31.4 Å². The maximum absolute atomic E-state index is 13.0. The number of hydrogen-bond donors (Lipinski definition) is 1. The number of halogens is 1. The third-order valence-electron chi connectivity index (χ3n) is 4.22. The molecule has 1 N–H and O–H groups in total. The minimum absolute atomic E-state index is 0.0630. The molecule has 3 amide bonds. The Morgan fingerprint density at radius 2 is 1.77 bits per heavy atom. The zero-order chi connectivity index (χ0) is 21.5. The van der Waals surface area contributed by atoms with Gasteiger partial charge in [0.05, 0.1) is 12.0 Å². The molecule has 1 aliphatic rings. The highest BCUT2D eigenvalue weighted by Gasteiger charge is 2.34. The van der Waals surface area contributed by atoms with E-state index in [0.717, 1.165) is 28.0 Å². The maximum atomic E-state index is 13.0. The summed E-state index contributed by atoms with van der Waals surface area (Å²) >= 11 is 0.818. The molecule has 3 rings (SSSR count). The van der Waals surface area contributed by atoms with Crippen LogP contribution in [-0.4, -0.2) is 42.2 Å². The first-order valence-electron chi connectivity index (χ1n) is 9.07. The van der Waals surface area contributed by atoms with E-state index < -0.39 is 11.1 Å². The molecule has 0 bridgehead atoms. The highest BCUT2D eigenvalue weighted by Crippen LogP contribution is 2.31. The third kappa shape index (κ3) is 5.57. The van der Waals surface area contributed by atoms with Gasteiger partial charge in [-0.15, -0.1) is 0 Å². The summed E-state index contributed by atoms with van der Waals surface area (Å²) in [6, 6.07) is 12.8. The van der Waals surface area contributed by atoms with Crippen molar-refractivity contribution >= 4 is 41.0 Å². The molecular formula is C22H19FN2O4S. The predicted molar refractivity (Wildman–Crippen MR) is 114 cm³/mol. The van der Waals surface area contributed by atoms with Gasteiger partial charge in [0.25, 0.3) is 11.1 Å². The normalized spacial score (nSPS) is 15.3. The fourth-order valence-electron chi connectivity index (χ4n) is 2.64. The summed E-state index contributed by atoms with van der Waals surface area (Å²) in [4.78, 5) is 37.8. The summed E-state index contributed by atoms with van der Waals surface area (Å²) in [6.07, 6.45) is 4.57. The molecule has 0 saturated carbocycles. The lowest BCUT2D eigenvalue weighted by molar-refractivity contribution is -0.123. The summed E-state index contributed by atoms with van der Waals surface area (Å²) < 4.78 is 18.1. The number of ether oxygens (including phenoxy) is 1. The SMILES string of the molecule is COc1ccc(/C=C/C(=O)NCCN2C(=O)S/C(=C/c3ccc(F)cc3)C2=O)cc1. The molecule has 2 aromatic carbocycles. The lowest BCUT2D eigenvalue weighted by atomic mass is 10.2. The van der Waals surface area contributed by atoms with Crippen LogP contribution >= 0.6 is 11.8 Å². The Kier molecular flexibility index (Phi) is 7.03. The fourth-order valence-corrected chi connectivity index (χ4v) is 3.50. The molecule has 0 atom stereocenters. The van der Waals surface area contributed by atoms with Crippen molar-refractivity contribution in [2.24, 2.45) is 0 Å². The third-order valence-corrected chi connectivity index (χ3v) is 5.13. The first-order chi connectivity index (χ1) is 14.5. The molecule has 1 heterocycles. The number of carbonyl (C=O) groups is 3. The quantitative estimate of drug-likeness (QED) is 0.684. The largest absolute Gasteiger partial charge is 0.497 e. The van der Waals surface area contributed by atoms with E-state index >= 15 is 0 Å².